The Bertz CT molecular complexity index is 279. The molecule has 0 unspecified atom stereocenters. The lowest BCUT2D eigenvalue weighted by Gasteiger charge is -1.81. The van der Waals surface area contributed by atoms with Gasteiger partial charge in [0.15, 0.2) is 5.13 Å². The van der Waals surface area contributed by atoms with Gasteiger partial charge in [0.05, 0.1) is 5.69 Å². The van der Waals surface area contributed by atoms with E-state index in [-0.39, 0.29) is 0 Å². The summed E-state index contributed by atoms with van der Waals surface area (Å²) in [5.41, 5.74) is 6.39. The summed E-state index contributed by atoms with van der Waals surface area (Å²) in [6, 6.07) is 0. The number of allylic oxidation sites excluding steroid dienone is 1. The third-order valence-electron chi connectivity index (χ3n) is 0.923. The smallest absolute Gasteiger partial charge is 0.300 e. The van der Waals surface area contributed by atoms with Crippen LogP contribution in [0, 0.1) is 0 Å². The molecule has 3 N–H and O–H groups in total. The van der Waals surface area contributed by atoms with Crippen molar-refractivity contribution in [3.63, 3.8) is 0 Å². The van der Waals surface area contributed by atoms with Gasteiger partial charge in [0.2, 0.25) is 0 Å². The molecule has 72 valence electrons. The molecule has 0 radical (unpaired) electrons. The maximum atomic E-state index is 9.00. The molecule has 0 saturated carbocycles. The van der Waals surface area contributed by atoms with E-state index in [1.807, 2.05) is 11.5 Å². The van der Waals surface area contributed by atoms with Crippen LogP contribution in [0.1, 0.15) is 12.6 Å². The largest absolute Gasteiger partial charge is 0.481 e. The lowest BCUT2D eigenvalue weighted by molar-refractivity contribution is -0.134. The minimum atomic E-state index is -0.833. The predicted molar refractivity (Wildman–Crippen MR) is 53.7 cm³/mol. The maximum absolute atomic E-state index is 9.00. The van der Waals surface area contributed by atoms with Gasteiger partial charge in [0.1, 0.15) is 0 Å². The minimum absolute atomic E-state index is 0.631. The van der Waals surface area contributed by atoms with Crippen molar-refractivity contribution in [2.45, 2.75) is 13.3 Å². The number of carbonyl (C=O) groups is 1. The number of carboxylic acid groups (broad SMARTS) is 1. The molecule has 13 heavy (non-hydrogen) atoms. The van der Waals surface area contributed by atoms with Gasteiger partial charge >= 0.3 is 0 Å². The number of anilines is 1. The Labute approximate surface area is 80.7 Å². The topological polar surface area (TPSA) is 76.2 Å². The van der Waals surface area contributed by atoms with E-state index in [0.717, 1.165) is 19.0 Å². The van der Waals surface area contributed by atoms with Gasteiger partial charge in [-0.2, -0.15) is 0 Å². The number of aliphatic carboxylic acids is 1. The Kier molecular flexibility index (Phi) is 5.54. The van der Waals surface area contributed by atoms with Crippen LogP contribution in [-0.4, -0.2) is 16.1 Å². The first-order valence-electron chi connectivity index (χ1n) is 3.56. The van der Waals surface area contributed by atoms with Crippen LogP contribution in [0.4, 0.5) is 5.13 Å². The molecule has 0 spiro atoms. The van der Waals surface area contributed by atoms with E-state index < -0.39 is 5.97 Å². The summed E-state index contributed by atoms with van der Waals surface area (Å²) >= 11 is 1.46. The van der Waals surface area contributed by atoms with Crippen LogP contribution < -0.4 is 5.73 Å². The van der Waals surface area contributed by atoms with Crippen molar-refractivity contribution in [2.24, 2.45) is 0 Å². The van der Waals surface area contributed by atoms with Crippen molar-refractivity contribution in [3.8, 4) is 0 Å². The standard InChI is InChI=1S/C6H8N2S.C2H4O2/c1-2-3-5-4-9-6(7)8-5;1-2(3)4/h2,4H,1,3H2,(H2,7,8);1H3,(H,3,4). The number of nitrogen functional groups attached to an aromatic ring is 1. The SMILES string of the molecule is C=CCc1csc(N)n1.CC(=O)O. The van der Waals surface area contributed by atoms with Gasteiger partial charge in [-0.05, 0) is 0 Å². The molecular weight excluding hydrogens is 188 g/mol. The van der Waals surface area contributed by atoms with Crippen LogP contribution in [0.3, 0.4) is 0 Å². The zero-order valence-corrected chi connectivity index (χ0v) is 8.17. The summed E-state index contributed by atoms with van der Waals surface area (Å²) in [5.74, 6) is -0.833. The first kappa shape index (κ1) is 11.6. The number of nitrogens with zero attached hydrogens (tertiary/aromatic N) is 1. The maximum Gasteiger partial charge on any atom is 0.300 e. The fraction of sp³-hybridized carbons (Fsp3) is 0.250. The van der Waals surface area contributed by atoms with E-state index in [9.17, 15) is 0 Å². The van der Waals surface area contributed by atoms with E-state index in [4.69, 9.17) is 15.6 Å². The molecular formula is C8H12N2O2S. The molecule has 1 aromatic heterocycles. The molecule has 0 aliphatic heterocycles. The zero-order chi connectivity index (χ0) is 10.3. The molecule has 0 aliphatic carbocycles. The quantitative estimate of drug-likeness (QED) is 0.710. The second kappa shape index (κ2) is 6.19. The third kappa shape index (κ3) is 7.02. The van der Waals surface area contributed by atoms with Gasteiger partial charge in [0, 0.05) is 18.7 Å². The van der Waals surface area contributed by atoms with Crippen LogP contribution in [0.15, 0.2) is 18.0 Å². The van der Waals surface area contributed by atoms with Crippen molar-refractivity contribution in [1.29, 1.82) is 0 Å². The molecule has 0 bridgehead atoms. The number of hydrogen-bond acceptors (Lipinski definition) is 4. The summed E-state index contributed by atoms with van der Waals surface area (Å²) in [6.45, 7) is 4.67. The molecule has 0 fully saturated rings. The fourth-order valence-electron chi connectivity index (χ4n) is 0.564. The summed E-state index contributed by atoms with van der Waals surface area (Å²) < 4.78 is 0. The predicted octanol–water partition coefficient (Wildman–Crippen LogP) is 1.54. The molecule has 0 atom stereocenters. The molecule has 1 heterocycles. The molecule has 5 heteroatoms. The first-order chi connectivity index (χ1) is 6.06. The number of rotatable bonds is 2. The van der Waals surface area contributed by atoms with Crippen LogP contribution in [0.25, 0.3) is 0 Å². The van der Waals surface area contributed by atoms with E-state index >= 15 is 0 Å². The molecule has 0 aromatic carbocycles. The van der Waals surface area contributed by atoms with Crippen molar-refractivity contribution in [2.75, 3.05) is 5.73 Å². The highest BCUT2D eigenvalue weighted by Crippen LogP contribution is 2.10. The minimum Gasteiger partial charge on any atom is -0.481 e. The van der Waals surface area contributed by atoms with Crippen LogP contribution >= 0.6 is 11.3 Å². The number of hydrogen-bond donors (Lipinski definition) is 2. The zero-order valence-electron chi connectivity index (χ0n) is 7.36. The van der Waals surface area contributed by atoms with Crippen molar-refractivity contribution in [1.82, 2.24) is 4.98 Å². The monoisotopic (exact) mass is 200 g/mol. The average molecular weight is 200 g/mol. The lowest BCUT2D eigenvalue weighted by atomic mass is 10.3. The molecule has 0 saturated heterocycles. The van der Waals surface area contributed by atoms with Gasteiger partial charge in [-0.3, -0.25) is 4.79 Å². The molecule has 0 aliphatic rings. The highest BCUT2D eigenvalue weighted by Gasteiger charge is 1.93. The fourth-order valence-corrected chi connectivity index (χ4v) is 1.14. The van der Waals surface area contributed by atoms with Crippen LogP contribution in [0.2, 0.25) is 0 Å². The highest BCUT2D eigenvalue weighted by atomic mass is 32.1. The normalized spacial score (nSPS) is 8.38. The highest BCUT2D eigenvalue weighted by molar-refractivity contribution is 7.13. The summed E-state index contributed by atoms with van der Waals surface area (Å²) in [7, 11) is 0. The van der Waals surface area contributed by atoms with Gasteiger partial charge in [-0.15, -0.1) is 17.9 Å². The molecule has 1 rings (SSSR count). The van der Waals surface area contributed by atoms with E-state index in [1.165, 1.54) is 11.3 Å². The second-order valence-corrected chi connectivity index (χ2v) is 3.08. The van der Waals surface area contributed by atoms with E-state index in [1.54, 1.807) is 0 Å². The van der Waals surface area contributed by atoms with Crippen molar-refractivity contribution in [3.05, 3.63) is 23.7 Å². The van der Waals surface area contributed by atoms with Gasteiger partial charge < -0.3 is 10.8 Å². The molecule has 0 amide bonds. The first-order valence-corrected chi connectivity index (χ1v) is 4.44. The van der Waals surface area contributed by atoms with Gasteiger partial charge in [-0.25, -0.2) is 4.98 Å². The summed E-state index contributed by atoms with van der Waals surface area (Å²) in [4.78, 5) is 13.0. The second-order valence-electron chi connectivity index (χ2n) is 2.19. The van der Waals surface area contributed by atoms with Crippen LogP contribution in [-0.2, 0) is 11.2 Å². The van der Waals surface area contributed by atoms with E-state index in [0.29, 0.717) is 5.13 Å². The molecule has 4 nitrogen and oxygen atoms in total. The lowest BCUT2D eigenvalue weighted by Crippen LogP contribution is -1.83. The Morgan fingerprint density at radius 3 is 2.77 bits per heavy atom. The Morgan fingerprint density at radius 2 is 2.46 bits per heavy atom. The number of aromatic nitrogens is 1. The van der Waals surface area contributed by atoms with E-state index in [2.05, 4.69) is 11.6 Å². The van der Waals surface area contributed by atoms with Crippen LogP contribution in [0.5, 0.6) is 0 Å². The van der Waals surface area contributed by atoms with Crippen molar-refractivity contribution < 1.29 is 9.90 Å². The summed E-state index contributed by atoms with van der Waals surface area (Å²) in [5, 5.41) is 9.99. The third-order valence-corrected chi connectivity index (χ3v) is 1.65. The van der Waals surface area contributed by atoms with Crippen molar-refractivity contribution >= 4 is 22.4 Å². The Morgan fingerprint density at radius 1 is 1.92 bits per heavy atom. The molecule has 1 aromatic rings. The van der Waals surface area contributed by atoms with Gasteiger partial charge in [0.25, 0.3) is 5.97 Å². The van der Waals surface area contributed by atoms with Gasteiger partial charge in [-0.1, -0.05) is 6.08 Å². The Hall–Kier alpha value is -1.36. The number of thiazole rings is 1. The Balaban J connectivity index is 0.000000310. The number of nitrogens with two attached hydrogens (primary N) is 1. The summed E-state index contributed by atoms with van der Waals surface area (Å²) in [6.07, 6.45) is 2.63. The number of carboxylic acids is 1. The average Bonchev–Trinajstić information content (AvgIpc) is 2.35.